The van der Waals surface area contributed by atoms with E-state index >= 15 is 0 Å². The minimum Gasteiger partial charge on any atom is -0.398 e. The quantitative estimate of drug-likeness (QED) is 0.452. The number of halogens is 1. The van der Waals surface area contributed by atoms with Crippen molar-refractivity contribution in [3.8, 4) is 11.3 Å². The summed E-state index contributed by atoms with van der Waals surface area (Å²) in [6.45, 7) is 0.685. The number of nitrogens with one attached hydrogen (secondary N) is 1. The van der Waals surface area contributed by atoms with E-state index in [0.717, 1.165) is 42.6 Å². The SMILES string of the molecule is CN(CCCCCc1cc(-c2cccc(F)c2)n[nH]1)C(=O)c1ccccc1N. The number of aryl methyl sites for hydroxylation is 1. The number of anilines is 1. The first-order valence-corrected chi connectivity index (χ1v) is 9.45. The van der Waals surface area contributed by atoms with Crippen LogP contribution in [0.25, 0.3) is 11.3 Å². The number of nitrogens with two attached hydrogens (primary N) is 1. The molecule has 3 N–H and O–H groups in total. The summed E-state index contributed by atoms with van der Waals surface area (Å²) >= 11 is 0. The summed E-state index contributed by atoms with van der Waals surface area (Å²) in [6.07, 6.45) is 3.77. The molecule has 0 saturated heterocycles. The predicted octanol–water partition coefficient (Wildman–Crippen LogP) is 4.28. The zero-order chi connectivity index (χ0) is 19.9. The number of carbonyl (C=O) groups is 1. The molecule has 6 heteroatoms. The van der Waals surface area contributed by atoms with Gasteiger partial charge in [-0.2, -0.15) is 5.10 Å². The summed E-state index contributed by atoms with van der Waals surface area (Å²) in [6, 6.07) is 15.5. The lowest BCUT2D eigenvalue weighted by molar-refractivity contribution is 0.0793. The van der Waals surface area contributed by atoms with Gasteiger partial charge in [0.15, 0.2) is 0 Å². The molecule has 1 amide bonds. The van der Waals surface area contributed by atoms with Crippen molar-refractivity contribution in [1.29, 1.82) is 0 Å². The van der Waals surface area contributed by atoms with E-state index in [1.807, 2.05) is 24.3 Å². The van der Waals surface area contributed by atoms with Gasteiger partial charge in [0.1, 0.15) is 5.82 Å². The number of carbonyl (C=O) groups excluding carboxylic acids is 1. The second-order valence-corrected chi connectivity index (χ2v) is 6.91. The third-order valence-electron chi connectivity index (χ3n) is 4.73. The van der Waals surface area contributed by atoms with E-state index in [1.54, 1.807) is 30.1 Å². The second kappa shape index (κ2) is 9.17. The van der Waals surface area contributed by atoms with Gasteiger partial charge in [0.2, 0.25) is 0 Å². The number of aromatic amines is 1. The molecule has 5 nitrogen and oxygen atoms in total. The highest BCUT2D eigenvalue weighted by molar-refractivity contribution is 5.98. The number of amides is 1. The summed E-state index contributed by atoms with van der Waals surface area (Å²) < 4.78 is 13.3. The number of nitrogens with zero attached hydrogens (tertiary/aromatic N) is 2. The third kappa shape index (κ3) is 4.97. The summed E-state index contributed by atoms with van der Waals surface area (Å²) in [4.78, 5) is 14.1. The Kier molecular flexibility index (Phi) is 6.42. The smallest absolute Gasteiger partial charge is 0.255 e. The highest BCUT2D eigenvalue weighted by Gasteiger charge is 2.13. The van der Waals surface area contributed by atoms with E-state index in [4.69, 9.17) is 5.73 Å². The first-order valence-electron chi connectivity index (χ1n) is 9.45. The molecule has 0 bridgehead atoms. The Morgan fingerprint density at radius 2 is 1.93 bits per heavy atom. The van der Waals surface area contributed by atoms with E-state index in [9.17, 15) is 9.18 Å². The highest BCUT2D eigenvalue weighted by atomic mass is 19.1. The molecular formula is C22H25FN4O. The number of benzene rings is 2. The topological polar surface area (TPSA) is 75.0 Å². The maximum atomic E-state index is 13.3. The Morgan fingerprint density at radius 3 is 2.71 bits per heavy atom. The van der Waals surface area contributed by atoms with Gasteiger partial charge >= 0.3 is 0 Å². The molecule has 0 atom stereocenters. The Morgan fingerprint density at radius 1 is 1.11 bits per heavy atom. The standard InChI is InChI=1S/C22H25FN4O/c1-27(22(28)19-11-4-5-12-20(19)24)13-6-2-3-10-18-15-21(26-25-18)16-8-7-9-17(23)14-16/h4-5,7-9,11-12,14-15H,2-3,6,10,13,24H2,1H3,(H,25,26). The summed E-state index contributed by atoms with van der Waals surface area (Å²) in [5, 5.41) is 7.28. The molecule has 1 heterocycles. The number of aromatic nitrogens is 2. The number of rotatable bonds is 8. The zero-order valence-corrected chi connectivity index (χ0v) is 16.0. The lowest BCUT2D eigenvalue weighted by Gasteiger charge is -2.18. The van der Waals surface area contributed by atoms with Gasteiger partial charge in [-0.25, -0.2) is 4.39 Å². The van der Waals surface area contributed by atoms with Crippen molar-refractivity contribution in [2.24, 2.45) is 0 Å². The maximum Gasteiger partial charge on any atom is 0.255 e. The molecule has 0 spiro atoms. The molecule has 2 aromatic carbocycles. The molecule has 0 aliphatic heterocycles. The second-order valence-electron chi connectivity index (χ2n) is 6.91. The Bertz CT molecular complexity index is 938. The average molecular weight is 380 g/mol. The van der Waals surface area contributed by atoms with Gasteiger partial charge in [-0.1, -0.05) is 30.7 Å². The molecule has 0 aliphatic rings. The van der Waals surface area contributed by atoms with Crippen LogP contribution in [0, 0.1) is 5.82 Å². The first kappa shape index (κ1) is 19.6. The lowest BCUT2D eigenvalue weighted by atomic mass is 10.1. The highest BCUT2D eigenvalue weighted by Crippen LogP contribution is 2.19. The average Bonchev–Trinajstić information content (AvgIpc) is 3.16. The van der Waals surface area contributed by atoms with Gasteiger partial charge in [-0.3, -0.25) is 9.89 Å². The zero-order valence-electron chi connectivity index (χ0n) is 16.0. The summed E-state index contributed by atoms with van der Waals surface area (Å²) in [5.74, 6) is -0.315. The van der Waals surface area contributed by atoms with Crippen LogP contribution in [0.15, 0.2) is 54.6 Å². The normalized spacial score (nSPS) is 10.8. The van der Waals surface area contributed by atoms with Crippen LogP contribution in [0.2, 0.25) is 0 Å². The van der Waals surface area contributed by atoms with Gasteiger partial charge in [0, 0.05) is 30.5 Å². The Labute approximate surface area is 164 Å². The van der Waals surface area contributed by atoms with E-state index in [1.165, 1.54) is 12.1 Å². The van der Waals surface area contributed by atoms with Crippen LogP contribution in [0.3, 0.4) is 0 Å². The van der Waals surface area contributed by atoms with E-state index in [0.29, 0.717) is 17.8 Å². The molecule has 0 saturated carbocycles. The van der Waals surface area contributed by atoms with Crippen LogP contribution >= 0.6 is 0 Å². The van der Waals surface area contributed by atoms with E-state index in [2.05, 4.69) is 10.2 Å². The minimum absolute atomic E-state index is 0.0496. The van der Waals surface area contributed by atoms with Crippen LogP contribution in [0.1, 0.15) is 35.3 Å². The van der Waals surface area contributed by atoms with Crippen molar-refractivity contribution < 1.29 is 9.18 Å². The van der Waals surface area contributed by atoms with Crippen molar-refractivity contribution in [2.45, 2.75) is 25.7 Å². The van der Waals surface area contributed by atoms with Crippen LogP contribution in [-0.4, -0.2) is 34.6 Å². The Hall–Kier alpha value is -3.15. The van der Waals surface area contributed by atoms with E-state index < -0.39 is 0 Å². The predicted molar refractivity (Wildman–Crippen MR) is 109 cm³/mol. The molecule has 0 fully saturated rings. The van der Waals surface area contributed by atoms with Crippen molar-refractivity contribution in [3.05, 3.63) is 71.7 Å². The maximum absolute atomic E-state index is 13.3. The number of nitrogen functional groups attached to an aromatic ring is 1. The molecular weight excluding hydrogens is 355 g/mol. The van der Waals surface area contributed by atoms with Gasteiger partial charge in [-0.05, 0) is 49.6 Å². The number of hydrogen-bond acceptors (Lipinski definition) is 3. The summed E-state index contributed by atoms with van der Waals surface area (Å²) in [5.41, 5.74) is 9.48. The van der Waals surface area contributed by atoms with Crippen molar-refractivity contribution in [1.82, 2.24) is 15.1 Å². The van der Waals surface area contributed by atoms with Crippen LogP contribution in [0.4, 0.5) is 10.1 Å². The van der Waals surface area contributed by atoms with Crippen LogP contribution < -0.4 is 5.73 Å². The van der Waals surface area contributed by atoms with Gasteiger partial charge in [-0.15, -0.1) is 0 Å². The largest absolute Gasteiger partial charge is 0.398 e. The minimum atomic E-state index is -0.266. The number of H-pyrrole nitrogens is 1. The van der Waals surface area contributed by atoms with Crippen LogP contribution in [-0.2, 0) is 6.42 Å². The number of hydrogen-bond donors (Lipinski definition) is 2. The molecule has 1 aromatic heterocycles. The Balaban J connectivity index is 1.42. The first-order chi connectivity index (χ1) is 13.5. The molecule has 0 unspecified atom stereocenters. The summed E-state index contributed by atoms with van der Waals surface area (Å²) in [7, 11) is 1.80. The van der Waals surface area contributed by atoms with Gasteiger partial charge in [0.25, 0.3) is 5.91 Å². The fourth-order valence-corrected chi connectivity index (χ4v) is 3.13. The number of unbranched alkanes of at least 4 members (excludes halogenated alkanes) is 2. The monoisotopic (exact) mass is 380 g/mol. The van der Waals surface area contributed by atoms with Crippen molar-refractivity contribution in [3.63, 3.8) is 0 Å². The molecule has 3 rings (SSSR count). The van der Waals surface area contributed by atoms with Crippen LogP contribution in [0.5, 0.6) is 0 Å². The van der Waals surface area contributed by atoms with E-state index in [-0.39, 0.29) is 11.7 Å². The molecule has 0 aliphatic carbocycles. The molecule has 146 valence electrons. The van der Waals surface area contributed by atoms with Gasteiger partial charge < -0.3 is 10.6 Å². The molecule has 3 aromatic rings. The molecule has 0 radical (unpaired) electrons. The number of para-hydroxylation sites is 1. The lowest BCUT2D eigenvalue weighted by Crippen LogP contribution is -2.28. The fraction of sp³-hybridized carbons (Fsp3) is 0.273. The third-order valence-corrected chi connectivity index (χ3v) is 4.73. The van der Waals surface area contributed by atoms with Crippen molar-refractivity contribution >= 4 is 11.6 Å². The fourth-order valence-electron chi connectivity index (χ4n) is 3.13. The molecule has 28 heavy (non-hydrogen) atoms. The van der Waals surface area contributed by atoms with Crippen molar-refractivity contribution in [2.75, 3.05) is 19.3 Å². The van der Waals surface area contributed by atoms with Gasteiger partial charge in [0.05, 0.1) is 11.3 Å².